The van der Waals surface area contributed by atoms with Crippen LogP contribution in [0.3, 0.4) is 0 Å². The van der Waals surface area contributed by atoms with E-state index in [4.69, 9.17) is 17.9 Å². The molecule has 0 aliphatic heterocycles. The molecule has 0 unspecified atom stereocenters. The van der Waals surface area contributed by atoms with Gasteiger partial charge in [-0.3, -0.25) is 4.57 Å². The van der Waals surface area contributed by atoms with E-state index in [1.807, 2.05) is 18.2 Å². The summed E-state index contributed by atoms with van der Waals surface area (Å²) in [5, 5.41) is 3.39. The normalized spacial score (nSPS) is 13.4. The number of aryl methyl sites for hydroxylation is 1. The van der Waals surface area contributed by atoms with E-state index in [1.165, 1.54) is 22.3 Å². The van der Waals surface area contributed by atoms with Gasteiger partial charge in [-0.2, -0.15) is 0 Å². The first kappa shape index (κ1) is 25.4. The van der Waals surface area contributed by atoms with Gasteiger partial charge < -0.3 is 8.83 Å². The van der Waals surface area contributed by atoms with E-state index in [9.17, 15) is 0 Å². The van der Waals surface area contributed by atoms with E-state index < -0.39 is 6.85 Å². The second kappa shape index (κ2) is 10.7. The van der Waals surface area contributed by atoms with Crippen LogP contribution in [0.2, 0.25) is 0 Å². The summed E-state index contributed by atoms with van der Waals surface area (Å²) >= 11 is 0. The molecular formula is C43H35N3O2. The number of imidazole rings is 1. The molecule has 0 N–H and O–H groups in total. The first-order chi connectivity index (χ1) is 24.6. The number of pyridine rings is 1. The lowest BCUT2D eigenvalue weighted by molar-refractivity contribution is 0.651. The summed E-state index contributed by atoms with van der Waals surface area (Å²) in [7, 11) is 0. The summed E-state index contributed by atoms with van der Waals surface area (Å²) in [6, 6.07) is 37.0. The van der Waals surface area contributed by atoms with Gasteiger partial charge in [-0.25, -0.2) is 9.97 Å². The van der Waals surface area contributed by atoms with Crippen molar-refractivity contribution in [3.63, 3.8) is 0 Å². The zero-order valence-electron chi connectivity index (χ0n) is 30.2. The van der Waals surface area contributed by atoms with Crippen LogP contribution in [0, 0.1) is 6.85 Å². The van der Waals surface area contributed by atoms with Gasteiger partial charge in [0.2, 0.25) is 5.71 Å². The van der Waals surface area contributed by atoms with Crippen molar-refractivity contribution in [2.45, 2.75) is 46.4 Å². The maximum absolute atomic E-state index is 7.78. The first-order valence-electron chi connectivity index (χ1n) is 18.0. The SMILES string of the molecule is [2H]C([2H])([2H])c1ccc2c(n1)oc1cc3c(cc12)oc1c(-c2nc4ccccc4n2-c2c(C(C)C)cc(-c4ccccc4)cc2C(C)C)cccc13. The third-order valence-electron chi connectivity index (χ3n) is 9.50. The van der Waals surface area contributed by atoms with Crippen LogP contribution in [-0.2, 0) is 0 Å². The average Bonchev–Trinajstić information content (AvgIpc) is 3.80. The van der Waals surface area contributed by atoms with Crippen molar-refractivity contribution in [1.82, 2.24) is 14.5 Å². The fourth-order valence-electron chi connectivity index (χ4n) is 7.17. The molecule has 0 spiro atoms. The third-order valence-corrected chi connectivity index (χ3v) is 9.50. The largest absolute Gasteiger partial charge is 0.455 e. The van der Waals surface area contributed by atoms with Crippen LogP contribution in [0.1, 0.15) is 60.5 Å². The fraction of sp³-hybridized carbons (Fsp3) is 0.163. The van der Waals surface area contributed by atoms with Crippen LogP contribution in [0.5, 0.6) is 0 Å². The number of benzene rings is 5. The molecule has 5 heteroatoms. The number of nitrogens with zero attached hydrogens (tertiary/aromatic N) is 3. The molecule has 234 valence electrons. The minimum Gasteiger partial charge on any atom is -0.455 e. The molecule has 5 aromatic carbocycles. The summed E-state index contributed by atoms with van der Waals surface area (Å²) in [5.41, 5.74) is 11.3. The number of hydrogen-bond donors (Lipinski definition) is 0. The van der Waals surface area contributed by atoms with Gasteiger partial charge in [0.15, 0.2) is 0 Å². The molecule has 4 heterocycles. The molecule has 0 amide bonds. The van der Waals surface area contributed by atoms with Gasteiger partial charge in [-0.15, -0.1) is 0 Å². The molecule has 48 heavy (non-hydrogen) atoms. The minimum absolute atomic E-state index is 0.00618. The number of aromatic nitrogens is 3. The molecule has 0 saturated heterocycles. The molecule has 0 fully saturated rings. The molecule has 0 aliphatic rings. The second-order valence-electron chi connectivity index (χ2n) is 13.2. The molecule has 0 aliphatic carbocycles. The maximum Gasteiger partial charge on any atom is 0.227 e. The molecule has 4 aromatic heterocycles. The van der Waals surface area contributed by atoms with Gasteiger partial charge in [-0.05, 0) is 95.5 Å². The Balaban J connectivity index is 1.31. The van der Waals surface area contributed by atoms with Crippen LogP contribution < -0.4 is 0 Å². The summed E-state index contributed by atoms with van der Waals surface area (Å²) in [5.74, 6) is 1.30. The number of rotatable bonds is 5. The zero-order chi connectivity index (χ0) is 35.2. The van der Waals surface area contributed by atoms with Crippen LogP contribution in [-0.4, -0.2) is 14.5 Å². The fourth-order valence-corrected chi connectivity index (χ4v) is 7.17. The van der Waals surface area contributed by atoms with Crippen LogP contribution in [0.4, 0.5) is 0 Å². The van der Waals surface area contributed by atoms with E-state index in [1.54, 1.807) is 12.1 Å². The van der Waals surface area contributed by atoms with Crippen LogP contribution in [0.15, 0.2) is 118 Å². The van der Waals surface area contributed by atoms with E-state index >= 15 is 0 Å². The first-order valence-corrected chi connectivity index (χ1v) is 16.5. The smallest absolute Gasteiger partial charge is 0.227 e. The Labute approximate surface area is 282 Å². The van der Waals surface area contributed by atoms with Crippen molar-refractivity contribution >= 4 is 55.0 Å². The molecule has 0 saturated carbocycles. The third kappa shape index (κ3) is 4.31. The Kier molecular flexibility index (Phi) is 5.65. The van der Waals surface area contributed by atoms with Crippen molar-refractivity contribution in [3.8, 4) is 28.2 Å². The Hall–Kier alpha value is -5.68. The number of para-hydroxylation sites is 3. The average molecular weight is 629 g/mol. The topological polar surface area (TPSA) is 57.0 Å². The highest BCUT2D eigenvalue weighted by Gasteiger charge is 2.25. The van der Waals surface area contributed by atoms with Gasteiger partial charge >= 0.3 is 0 Å². The summed E-state index contributed by atoms with van der Waals surface area (Å²) in [6.07, 6.45) is 0. The predicted octanol–water partition coefficient (Wildman–Crippen LogP) is 12.1. The van der Waals surface area contributed by atoms with E-state index in [-0.39, 0.29) is 17.5 Å². The molecule has 0 bridgehead atoms. The lowest BCUT2D eigenvalue weighted by Crippen LogP contribution is -2.09. The monoisotopic (exact) mass is 628 g/mol. The maximum atomic E-state index is 7.78. The van der Waals surface area contributed by atoms with Crippen LogP contribution >= 0.6 is 0 Å². The lowest BCUT2D eigenvalue weighted by atomic mass is 9.88. The lowest BCUT2D eigenvalue weighted by Gasteiger charge is -2.24. The summed E-state index contributed by atoms with van der Waals surface area (Å²) in [4.78, 5) is 9.63. The van der Waals surface area contributed by atoms with Crippen LogP contribution in [0.25, 0.3) is 83.2 Å². The molecule has 0 radical (unpaired) electrons. The van der Waals surface area contributed by atoms with Crippen molar-refractivity contribution in [2.75, 3.05) is 0 Å². The standard InChI is InChI=1S/C43H35N3O2/c1-24(2)32-20-28(27-12-7-6-8-13-27)21-33(25(3)4)40(32)46-37-17-10-9-16-36(37)45-42(46)31-15-11-14-29-34-22-39-35(23-38(34)47-41(29)31)30-19-18-26(5)44-43(30)48-39/h6-25H,1-5H3/i5D3. The van der Waals surface area contributed by atoms with Gasteiger partial charge in [0.05, 0.1) is 22.3 Å². The van der Waals surface area contributed by atoms with Crippen molar-refractivity contribution in [2.24, 2.45) is 0 Å². The van der Waals surface area contributed by atoms with Gasteiger partial charge in [-0.1, -0.05) is 82.3 Å². The van der Waals surface area contributed by atoms with Gasteiger partial charge in [0.25, 0.3) is 0 Å². The summed E-state index contributed by atoms with van der Waals surface area (Å²) in [6.45, 7) is 6.72. The van der Waals surface area contributed by atoms with Crippen molar-refractivity contribution < 1.29 is 12.9 Å². The molecule has 9 aromatic rings. The minimum atomic E-state index is -2.32. The van der Waals surface area contributed by atoms with E-state index in [2.05, 4.69) is 116 Å². The Morgan fingerprint density at radius 2 is 1.33 bits per heavy atom. The highest BCUT2D eigenvalue weighted by atomic mass is 16.3. The molecule has 9 rings (SSSR count). The summed E-state index contributed by atoms with van der Waals surface area (Å²) < 4.78 is 38.6. The van der Waals surface area contributed by atoms with Gasteiger partial charge in [0.1, 0.15) is 22.6 Å². The van der Waals surface area contributed by atoms with Gasteiger partial charge in [0, 0.05) is 31.4 Å². The Morgan fingerprint density at radius 3 is 2.08 bits per heavy atom. The van der Waals surface area contributed by atoms with E-state index in [0.717, 1.165) is 55.2 Å². The second-order valence-corrected chi connectivity index (χ2v) is 13.2. The number of fused-ring (bicyclic) bond motifs is 7. The quantitative estimate of drug-likeness (QED) is 0.190. The Bertz CT molecular complexity index is 2780. The highest BCUT2D eigenvalue weighted by Crippen LogP contribution is 2.43. The van der Waals surface area contributed by atoms with E-state index in [0.29, 0.717) is 16.9 Å². The molecule has 0 atom stereocenters. The number of hydrogen-bond acceptors (Lipinski definition) is 4. The van der Waals surface area contributed by atoms with Crippen molar-refractivity contribution in [1.29, 1.82) is 0 Å². The molecule has 5 nitrogen and oxygen atoms in total. The highest BCUT2D eigenvalue weighted by molar-refractivity contribution is 6.16. The predicted molar refractivity (Wildman–Crippen MR) is 197 cm³/mol. The number of furan rings is 2. The zero-order valence-corrected chi connectivity index (χ0v) is 27.2. The Morgan fingerprint density at radius 1 is 0.625 bits per heavy atom. The molecular weight excluding hydrogens is 590 g/mol. The van der Waals surface area contributed by atoms with Crippen molar-refractivity contribution in [3.05, 3.63) is 126 Å².